The van der Waals surface area contributed by atoms with Crippen molar-refractivity contribution in [2.45, 2.75) is 38.4 Å². The molecule has 1 heterocycles. The Labute approximate surface area is 315 Å². The molecular weight excluding hydrogens is 712 g/mol. The van der Waals surface area contributed by atoms with Gasteiger partial charge < -0.3 is 0 Å². The summed E-state index contributed by atoms with van der Waals surface area (Å²) >= 11 is 12.7. The number of esters is 1. The zero-order valence-electron chi connectivity index (χ0n) is 29.3. The van der Waals surface area contributed by atoms with Gasteiger partial charge in [-0.15, -0.1) is 0 Å². The van der Waals surface area contributed by atoms with E-state index in [0.717, 1.165) is 27.0 Å². The third-order valence-corrected chi connectivity index (χ3v) is 18.9. The number of halogens is 2. The van der Waals surface area contributed by atoms with E-state index in [1.165, 1.54) is 7.11 Å². The summed E-state index contributed by atoms with van der Waals surface area (Å²) in [7, 11) is 1.31. The minimum atomic E-state index is -4.50. The van der Waals surface area contributed by atoms with E-state index >= 15 is 4.79 Å². The fourth-order valence-electron chi connectivity index (χ4n) is 8.88. The number of rotatable bonds is 12. The van der Waals surface area contributed by atoms with Gasteiger partial charge in [0.25, 0.3) is 0 Å². The molecule has 9 heteroatoms. The number of hydrogen-bond donors (Lipinski definition) is 1. The molecule has 3 unspecified atom stereocenters. The first-order chi connectivity index (χ1) is 25.1. The second kappa shape index (κ2) is 15.3. The van der Waals surface area contributed by atoms with Crippen molar-refractivity contribution in [1.29, 1.82) is 0 Å². The summed E-state index contributed by atoms with van der Waals surface area (Å²) < 4.78 is 4.72. The Kier molecular flexibility index (Phi) is 11.0. The van der Waals surface area contributed by atoms with Crippen molar-refractivity contribution in [1.82, 2.24) is 0 Å². The van der Waals surface area contributed by atoms with Gasteiger partial charge in [0.05, 0.1) is 0 Å². The quantitative estimate of drug-likeness (QED) is 0.103. The third-order valence-electron chi connectivity index (χ3n) is 11.0. The molecule has 5 aromatic rings. The van der Waals surface area contributed by atoms with Crippen LogP contribution in [0.25, 0.3) is 0 Å². The van der Waals surface area contributed by atoms with E-state index in [2.05, 4.69) is 36.4 Å². The Morgan fingerprint density at radius 3 is 1.60 bits per heavy atom. The summed E-state index contributed by atoms with van der Waals surface area (Å²) in [4.78, 5) is 43.3. The standard InChI is InChI=1S/C43H42Cl2NO5P/c1-31(26-41(47)51-2)42(48)46(29-34(28-40(46)43(49)50)27-32-18-22-35(44)23-19-32)52(37-12-6-3-7-13-37,38-14-8-4-9-15-38,39-16-10-5-11-17-39)30-33-20-24-36(45)25-21-33/h3-25,31,34,40H,26-30H2,1-2H3/p+1/t31?,34?,40-,46?/m0/s1. The van der Waals surface area contributed by atoms with Crippen molar-refractivity contribution in [2.24, 2.45) is 11.8 Å². The van der Waals surface area contributed by atoms with Crippen LogP contribution in [0.1, 0.15) is 30.9 Å². The first kappa shape index (κ1) is 37.4. The second-order valence-corrected chi connectivity index (χ2v) is 19.8. The molecule has 0 saturated carbocycles. The normalized spacial score (nSPS) is 20.0. The minimum absolute atomic E-state index is 0.185. The van der Waals surface area contributed by atoms with Gasteiger partial charge in [0.2, 0.25) is 0 Å². The number of methoxy groups -OCH3 is 1. The van der Waals surface area contributed by atoms with Crippen molar-refractivity contribution in [2.75, 3.05) is 13.7 Å². The van der Waals surface area contributed by atoms with Gasteiger partial charge in [-0.2, -0.15) is 0 Å². The SMILES string of the molecule is COC(=O)CC(C)C(=O)[N+]1(P(Cc2ccc(Cl)cc2)(c2ccccc2)(c2ccccc2)c2ccccc2)CC(Cc2ccc(Cl)cc2)C[C@H]1C(=O)O. The number of carboxylic acid groups (broad SMARTS) is 1. The number of carbonyl (C=O) groups excluding carboxylic acids is 2. The molecule has 268 valence electrons. The topological polar surface area (TPSA) is 80.7 Å². The Morgan fingerprint density at radius 2 is 1.17 bits per heavy atom. The van der Waals surface area contributed by atoms with Crippen LogP contribution in [-0.4, -0.2) is 46.9 Å². The number of nitrogens with zero attached hydrogens (tertiary/aromatic N) is 1. The maximum atomic E-state index is 16.2. The molecular formula is C43H43Cl2NO5P+. The van der Waals surface area contributed by atoms with Crippen molar-refractivity contribution in [3.8, 4) is 0 Å². The Balaban J connectivity index is 1.83. The molecule has 1 aliphatic rings. The average Bonchev–Trinajstić information content (AvgIpc) is 3.57. The van der Waals surface area contributed by atoms with Crippen LogP contribution in [0.5, 0.6) is 0 Å². The molecule has 1 amide bonds. The van der Waals surface area contributed by atoms with Crippen LogP contribution in [0.2, 0.25) is 10.0 Å². The van der Waals surface area contributed by atoms with E-state index in [9.17, 15) is 14.7 Å². The van der Waals surface area contributed by atoms with Crippen LogP contribution in [0, 0.1) is 11.8 Å². The summed E-state index contributed by atoms with van der Waals surface area (Å²) in [5.41, 5.74) is 1.92. The van der Waals surface area contributed by atoms with Gasteiger partial charge in [-0.1, -0.05) is 0 Å². The molecule has 0 radical (unpaired) electrons. The van der Waals surface area contributed by atoms with Gasteiger partial charge in [0.15, 0.2) is 0 Å². The van der Waals surface area contributed by atoms with Gasteiger partial charge in [-0.05, 0) is 0 Å². The van der Waals surface area contributed by atoms with Crippen LogP contribution >= 0.6 is 30.0 Å². The summed E-state index contributed by atoms with van der Waals surface area (Å²) in [5, 5.41) is 15.4. The summed E-state index contributed by atoms with van der Waals surface area (Å²) in [6.45, 7) is -2.54. The number of carbonyl (C=O) groups is 3. The summed E-state index contributed by atoms with van der Waals surface area (Å²) in [6.07, 6.45) is 0.940. The van der Waals surface area contributed by atoms with Crippen molar-refractivity contribution in [3.63, 3.8) is 0 Å². The van der Waals surface area contributed by atoms with Crippen LogP contribution in [0.15, 0.2) is 140 Å². The predicted molar refractivity (Wildman–Crippen MR) is 211 cm³/mol. The molecule has 0 aromatic heterocycles. The first-order valence-corrected chi connectivity index (χ1v) is 20.6. The monoisotopic (exact) mass is 754 g/mol. The number of quaternary nitrogens is 1. The Bertz CT molecular complexity index is 1930. The van der Waals surface area contributed by atoms with E-state index < -0.39 is 30.7 Å². The maximum absolute atomic E-state index is 16.2. The Morgan fingerprint density at radius 1 is 0.731 bits per heavy atom. The van der Waals surface area contributed by atoms with Crippen LogP contribution in [0.3, 0.4) is 0 Å². The average molecular weight is 756 g/mol. The van der Waals surface area contributed by atoms with Crippen molar-refractivity contribution in [3.05, 3.63) is 161 Å². The van der Waals surface area contributed by atoms with Gasteiger partial charge >= 0.3 is 317 Å². The number of amides is 1. The zero-order chi connectivity index (χ0) is 37.0. The molecule has 4 atom stereocenters. The zero-order valence-corrected chi connectivity index (χ0v) is 31.7. The number of ether oxygens (including phenoxy) is 1. The Hall–Kier alpha value is -4.32. The molecule has 0 aliphatic carbocycles. The van der Waals surface area contributed by atoms with E-state index in [-0.39, 0.29) is 35.5 Å². The summed E-state index contributed by atoms with van der Waals surface area (Å²) in [5.74, 6) is -2.95. The van der Waals surface area contributed by atoms with Crippen LogP contribution in [-0.2, 0) is 31.7 Å². The molecule has 0 spiro atoms. The number of carboxylic acids is 1. The number of aliphatic carboxylic acids is 1. The van der Waals surface area contributed by atoms with E-state index in [1.54, 1.807) is 6.92 Å². The van der Waals surface area contributed by atoms with Crippen molar-refractivity contribution < 1.29 is 28.5 Å². The van der Waals surface area contributed by atoms with Crippen molar-refractivity contribution >= 4 is 63.7 Å². The van der Waals surface area contributed by atoms with Gasteiger partial charge in [-0.25, -0.2) is 0 Å². The molecule has 0 bridgehead atoms. The molecule has 1 saturated heterocycles. The molecule has 1 N–H and O–H groups in total. The summed E-state index contributed by atoms with van der Waals surface area (Å²) in [6, 6.07) is 44.2. The molecule has 52 heavy (non-hydrogen) atoms. The first-order valence-electron chi connectivity index (χ1n) is 17.4. The van der Waals surface area contributed by atoms with E-state index in [0.29, 0.717) is 22.6 Å². The molecule has 5 aromatic carbocycles. The van der Waals surface area contributed by atoms with E-state index in [1.807, 2.05) is 103 Å². The van der Waals surface area contributed by atoms with Crippen LogP contribution < -0.4 is 15.9 Å². The molecule has 6 rings (SSSR count). The van der Waals surface area contributed by atoms with Gasteiger partial charge in [0, 0.05) is 0 Å². The fourth-order valence-corrected chi connectivity index (χ4v) is 17.5. The van der Waals surface area contributed by atoms with Gasteiger partial charge in [-0.3, -0.25) is 0 Å². The second-order valence-electron chi connectivity index (χ2n) is 13.9. The number of hydrogen-bond acceptors (Lipinski definition) is 4. The third kappa shape index (κ3) is 6.26. The van der Waals surface area contributed by atoms with E-state index in [4.69, 9.17) is 27.9 Å². The number of benzene rings is 5. The number of likely N-dealkylation sites (tertiary alicyclic amines) is 1. The van der Waals surface area contributed by atoms with Gasteiger partial charge in [0.1, 0.15) is 0 Å². The van der Waals surface area contributed by atoms with Crippen LogP contribution in [0.4, 0.5) is 0 Å². The predicted octanol–water partition coefficient (Wildman–Crippen LogP) is 8.20. The molecule has 6 nitrogen and oxygen atoms in total. The molecule has 1 fully saturated rings. The fraction of sp³-hybridized carbons (Fsp3) is 0.233. The molecule has 1 aliphatic heterocycles.